The van der Waals surface area contributed by atoms with Gasteiger partial charge in [0.2, 0.25) is 0 Å². The number of nitrogens with zero attached hydrogens (tertiary/aromatic N) is 1. The number of likely N-dealkylation sites (N-methyl/N-ethyl adjacent to an activating group) is 2. The van der Waals surface area contributed by atoms with Crippen LogP contribution in [0.2, 0.25) is 5.02 Å². The SMILES string of the molecule is CC[C@@H](O)[C@@](C)(O)[C@@H]1OC(=O)[C@H](C)[C@@H](O[C@H]2CC(C)(OC)[C@@H](O)C(C)O2)[C@H](C)[C@@H](O[C@@H]2OC(C)CC(N(C)Cc3ccccc3Cl)C2O)[C@]2(C)CC(C)C(O2)[C@@H]1C.CC[C@@H](O)[C@@](C)(O)[C@@H]1OC(=O)[C@H](C)[C@@H](O[C@H]2CC(C)(OC)[C@@H](O)C(C)O2)[C@H](C)[C@@H](O[C@@H]2OC(C)CC(NC)C2O)[C@]2(C)CC(C)C(O2)[C@@H]1C.ClC(Cl)Cl. The molecule has 1 aromatic carbocycles. The lowest BCUT2D eigenvalue weighted by Crippen LogP contribution is -2.60. The lowest BCUT2D eigenvalue weighted by atomic mass is 9.76. The van der Waals surface area contributed by atoms with Gasteiger partial charge in [-0.1, -0.05) is 120 Å². The molecule has 8 aliphatic rings. The maximum absolute atomic E-state index is 14.4. The van der Waals surface area contributed by atoms with E-state index in [9.17, 15) is 50.4 Å². The van der Waals surface area contributed by atoms with Crippen molar-refractivity contribution in [2.24, 2.45) is 47.3 Å². The number of aliphatic hydroxyl groups is 8. The number of carbonyl (C=O) groups is 2. The Bertz CT molecular complexity index is 3060. The summed E-state index contributed by atoms with van der Waals surface area (Å²) in [4.78, 5) is 30.8. The minimum Gasteiger partial charge on any atom is -0.459 e. The van der Waals surface area contributed by atoms with Gasteiger partial charge in [0.25, 0.3) is 0 Å². The predicted octanol–water partition coefficient (Wildman–Crippen LogP) is 9.11. The largest absolute Gasteiger partial charge is 0.459 e. The van der Waals surface area contributed by atoms with Crippen LogP contribution >= 0.6 is 46.4 Å². The third-order valence-electron chi connectivity index (χ3n) is 25.8. The van der Waals surface area contributed by atoms with E-state index in [0.29, 0.717) is 37.3 Å². The maximum Gasteiger partial charge on any atom is 0.311 e. The van der Waals surface area contributed by atoms with E-state index in [4.69, 9.17) is 113 Å². The standard InChI is InChI=1S/C43H70ClNO12.C36H65NO12.CHCl3/c1-13-31(46)43(10,50)38-24(4)34-22(2)19-42(9,57-34)37(56-40-33(47)30(18-23(3)52-40)45(11)21-28-16-14-15-17-29(28)44)25(5)35(26(6)39(49)55-38)54-32-20-41(8,51-12)36(48)27(7)53-32;1-13-24(38)36(10,42)31-19(4)27-17(2)15-35(9,49-27)30(48-33-26(39)23(37-11)14-18(3)44-33)20(5)28(21(6)32(41)47-31)46-25-16-34(8,43-12)29(40)22(7)45-25;2-1(3)4/h14-17,22-27,30-38,40,46-48,50H,13,18-21H2,1-12H3;17-31,33,37-40,42H,13-16H2,1-12H3;1H/t22?,23?,24-,25-,26+,27?,30?,31+,32-,33?,34?,35-,36-,37+,38+,40-,41?,42-,43+;17?,18?,19-,20-,21+,22?,23?,24+,25-,26?,27?,28-,29-,30+,31+,33-,34?,35-,36+;/m00./s1. The van der Waals surface area contributed by atoms with Gasteiger partial charge in [0, 0.05) is 74.4 Å². The van der Waals surface area contributed by atoms with E-state index >= 15 is 0 Å². The zero-order chi connectivity index (χ0) is 82.7. The number of benzene rings is 1. The summed E-state index contributed by atoms with van der Waals surface area (Å²) in [7, 11) is 6.80. The molecule has 4 bridgehead atoms. The molecule has 8 saturated heterocycles. The summed E-state index contributed by atoms with van der Waals surface area (Å²) in [5.74, 6) is -5.50. The van der Waals surface area contributed by atoms with Gasteiger partial charge < -0.3 is 112 Å². The van der Waals surface area contributed by atoms with Crippen LogP contribution < -0.4 is 5.32 Å². The molecule has 1 aromatic rings. The summed E-state index contributed by atoms with van der Waals surface area (Å²) in [6.07, 6.45) is -15.4. The van der Waals surface area contributed by atoms with Gasteiger partial charge in [0.05, 0.1) is 107 Å². The van der Waals surface area contributed by atoms with Crippen molar-refractivity contribution in [1.29, 1.82) is 0 Å². The molecule has 0 aliphatic carbocycles. The maximum atomic E-state index is 14.4. The Morgan fingerprint density at radius 2 is 0.973 bits per heavy atom. The molecule has 0 amide bonds. The summed E-state index contributed by atoms with van der Waals surface area (Å²) in [6.45, 7) is 37.1. The molecule has 8 aliphatic heterocycles. The summed E-state index contributed by atoms with van der Waals surface area (Å²) in [5, 5.41) is 94.8. The van der Waals surface area contributed by atoms with Crippen molar-refractivity contribution < 1.29 is 117 Å². The molecule has 14 unspecified atom stereocenters. The molecule has 8 heterocycles. The number of fused-ring (bicyclic) bond motifs is 4. The Morgan fingerprint density at radius 3 is 1.35 bits per heavy atom. The molecule has 9 rings (SSSR count). The second-order valence-electron chi connectivity index (χ2n) is 34.7. The van der Waals surface area contributed by atoms with Crippen LogP contribution in [0, 0.1) is 47.3 Å². The molecule has 0 radical (unpaired) electrons. The lowest BCUT2D eigenvalue weighted by Gasteiger charge is -2.48. The number of ether oxygens (including phenoxy) is 14. The molecule has 110 heavy (non-hydrogen) atoms. The van der Waals surface area contributed by atoms with Crippen molar-refractivity contribution in [3.63, 3.8) is 0 Å². The summed E-state index contributed by atoms with van der Waals surface area (Å²) in [6, 6.07) is 7.03. The van der Waals surface area contributed by atoms with Crippen molar-refractivity contribution >= 4 is 58.3 Å². The van der Waals surface area contributed by atoms with Gasteiger partial charge in [-0.15, -0.1) is 0 Å². The Hall–Kier alpha value is -1.56. The van der Waals surface area contributed by atoms with Gasteiger partial charge in [-0.05, 0) is 159 Å². The van der Waals surface area contributed by atoms with Crippen LogP contribution in [-0.4, -0.2) is 271 Å². The first-order valence-electron chi connectivity index (χ1n) is 39.7. The molecule has 0 saturated carbocycles. The van der Waals surface area contributed by atoms with Crippen LogP contribution in [0.15, 0.2) is 24.3 Å². The third kappa shape index (κ3) is 21.3. The quantitative estimate of drug-likeness (QED) is 0.0434. The van der Waals surface area contributed by atoms with Gasteiger partial charge in [0.15, 0.2) is 29.5 Å². The first-order valence-corrected chi connectivity index (χ1v) is 41.4. The first kappa shape index (κ1) is 95.6. The van der Waals surface area contributed by atoms with Crippen molar-refractivity contribution in [3.05, 3.63) is 34.9 Å². The number of rotatable bonds is 20. The highest BCUT2D eigenvalue weighted by molar-refractivity contribution is 6.63. The van der Waals surface area contributed by atoms with Crippen LogP contribution in [0.1, 0.15) is 195 Å². The van der Waals surface area contributed by atoms with Gasteiger partial charge in [-0.3, -0.25) is 14.5 Å². The van der Waals surface area contributed by atoms with Gasteiger partial charge in [0.1, 0.15) is 47.8 Å². The van der Waals surface area contributed by atoms with E-state index in [1.54, 1.807) is 62.4 Å². The number of nitrogens with one attached hydrogen (secondary N) is 1. The van der Waals surface area contributed by atoms with E-state index in [1.165, 1.54) is 28.1 Å². The molecule has 30 heteroatoms. The van der Waals surface area contributed by atoms with Crippen LogP contribution in [0.3, 0.4) is 0 Å². The van der Waals surface area contributed by atoms with Gasteiger partial charge in [-0.2, -0.15) is 0 Å². The number of cyclic esters (lactones) is 2. The number of hydrogen-bond acceptors (Lipinski definition) is 26. The van der Waals surface area contributed by atoms with Crippen LogP contribution in [-0.2, 0) is 82.4 Å². The average Bonchev–Trinajstić information content (AvgIpc) is 1.58. The molecule has 638 valence electrons. The molecule has 8 fully saturated rings. The summed E-state index contributed by atoms with van der Waals surface area (Å²) in [5.41, 5.74) is -6.60. The van der Waals surface area contributed by atoms with E-state index in [0.717, 1.165) is 5.56 Å². The van der Waals surface area contributed by atoms with Gasteiger partial charge >= 0.3 is 11.9 Å². The van der Waals surface area contributed by atoms with E-state index in [-0.39, 0.29) is 61.8 Å². The third-order valence-corrected chi connectivity index (χ3v) is 26.1. The molecule has 0 spiro atoms. The summed E-state index contributed by atoms with van der Waals surface area (Å²) >= 11 is 21.0. The fraction of sp³-hybridized carbons (Fsp3) is 0.900. The highest BCUT2D eigenvalue weighted by Gasteiger charge is 2.62. The number of methoxy groups -OCH3 is 2. The van der Waals surface area contributed by atoms with E-state index in [2.05, 4.69) is 24.1 Å². The minimum absolute atomic E-state index is 0.0575. The monoisotopic (exact) mass is 1650 g/mol. The molecular formula is C80H136Cl4N2O24. The van der Waals surface area contributed by atoms with Crippen molar-refractivity contribution in [1.82, 2.24) is 10.2 Å². The number of alkyl halides is 3. The fourth-order valence-corrected chi connectivity index (χ4v) is 19.3. The zero-order valence-electron chi connectivity index (χ0n) is 69.3. The van der Waals surface area contributed by atoms with Crippen molar-refractivity contribution in [2.45, 2.75) is 381 Å². The predicted molar refractivity (Wildman–Crippen MR) is 414 cm³/mol. The lowest BCUT2D eigenvalue weighted by molar-refractivity contribution is -0.318. The van der Waals surface area contributed by atoms with Gasteiger partial charge in [-0.25, -0.2) is 0 Å². The van der Waals surface area contributed by atoms with E-state index < -0.39 is 208 Å². The first-order chi connectivity index (χ1) is 51.0. The average molecular weight is 1650 g/mol. The molecule has 26 nitrogen and oxygen atoms in total. The number of esters is 2. The normalized spacial score (nSPS) is 45.9. The minimum atomic E-state index is -1.81. The number of hydrogen-bond donors (Lipinski definition) is 9. The second kappa shape index (κ2) is 39.1. The van der Waals surface area contributed by atoms with E-state index in [1.807, 2.05) is 86.7 Å². The van der Waals surface area contributed by atoms with Crippen molar-refractivity contribution in [2.75, 3.05) is 28.3 Å². The highest BCUT2D eigenvalue weighted by Crippen LogP contribution is 2.52. The topological polar surface area (TPSA) is 340 Å². The zero-order valence-corrected chi connectivity index (χ0v) is 72.3. The number of carbonyl (C=O) groups excluding carboxylic acids is 2. The van der Waals surface area contributed by atoms with Crippen LogP contribution in [0.5, 0.6) is 0 Å². The van der Waals surface area contributed by atoms with Crippen molar-refractivity contribution in [3.8, 4) is 0 Å². The Kier molecular flexibility index (Phi) is 34.0. The van der Waals surface area contributed by atoms with Crippen LogP contribution in [0.25, 0.3) is 0 Å². The second-order valence-corrected chi connectivity index (χ2v) is 37.1. The fourth-order valence-electron chi connectivity index (χ4n) is 19.1. The Morgan fingerprint density at radius 1 is 0.591 bits per heavy atom. The number of aliphatic hydroxyl groups excluding tert-OH is 6. The Balaban J connectivity index is 0.000000295. The molecule has 9 N–H and O–H groups in total. The number of halogens is 4. The Labute approximate surface area is 673 Å². The smallest absolute Gasteiger partial charge is 0.311 e. The van der Waals surface area contributed by atoms with Crippen LogP contribution in [0.4, 0.5) is 0 Å². The summed E-state index contributed by atoms with van der Waals surface area (Å²) < 4.78 is 89.7. The molecule has 38 atom stereocenters. The highest BCUT2D eigenvalue weighted by atomic mass is 35.6. The molecule has 0 aromatic heterocycles. The molecular weight excluding hydrogens is 1510 g/mol.